The second-order valence-corrected chi connectivity index (χ2v) is 5.54. The molecule has 3 aromatic carbocycles. The van der Waals surface area contributed by atoms with Crippen LogP contribution in [0.5, 0.6) is 11.5 Å². The Kier molecular flexibility index (Phi) is 4.98. The van der Waals surface area contributed by atoms with Crippen LogP contribution in [-0.2, 0) is 0 Å². The van der Waals surface area contributed by atoms with E-state index in [0.29, 0.717) is 23.3 Å². The first-order valence-corrected chi connectivity index (χ1v) is 7.82. The van der Waals surface area contributed by atoms with Gasteiger partial charge in [0, 0.05) is 5.69 Å². The van der Waals surface area contributed by atoms with Crippen molar-refractivity contribution in [2.24, 2.45) is 0 Å². The number of nitro groups is 1. The topological polar surface area (TPSA) is 107 Å². The van der Waals surface area contributed by atoms with Gasteiger partial charge in [0.2, 0.25) is 0 Å². The third-order valence-electron chi connectivity index (χ3n) is 3.66. The first-order chi connectivity index (χ1) is 12.9. The summed E-state index contributed by atoms with van der Waals surface area (Å²) in [5.74, 6) is -0.464. The van der Waals surface area contributed by atoms with Gasteiger partial charge in [-0.15, -0.1) is 0 Å². The van der Waals surface area contributed by atoms with Crippen molar-refractivity contribution in [3.8, 4) is 11.5 Å². The number of rotatable bonds is 5. The van der Waals surface area contributed by atoms with E-state index in [0.717, 1.165) is 6.07 Å². The van der Waals surface area contributed by atoms with E-state index in [2.05, 4.69) is 5.32 Å². The van der Waals surface area contributed by atoms with Crippen LogP contribution in [0, 0.1) is 15.9 Å². The molecular weight excluding hydrogens is 353 g/mol. The largest absolute Gasteiger partial charge is 0.457 e. The molecule has 0 aliphatic carbocycles. The van der Waals surface area contributed by atoms with Gasteiger partial charge in [-0.2, -0.15) is 0 Å². The summed E-state index contributed by atoms with van der Waals surface area (Å²) in [6.07, 6.45) is 0. The van der Waals surface area contributed by atoms with Gasteiger partial charge in [-0.1, -0.05) is 18.2 Å². The van der Waals surface area contributed by atoms with Gasteiger partial charge in [0.15, 0.2) is 0 Å². The summed E-state index contributed by atoms with van der Waals surface area (Å²) in [4.78, 5) is 22.4. The minimum absolute atomic E-state index is 0.314. The van der Waals surface area contributed by atoms with Gasteiger partial charge < -0.3 is 15.8 Å². The Hall–Kier alpha value is -3.94. The number of carbonyl (C=O) groups excluding carboxylic acids is 1. The number of nitro benzene ring substituents is 1. The molecule has 3 N–H and O–H groups in total. The second-order valence-electron chi connectivity index (χ2n) is 5.54. The minimum atomic E-state index is -0.923. The van der Waals surface area contributed by atoms with E-state index in [9.17, 15) is 19.3 Å². The minimum Gasteiger partial charge on any atom is -0.457 e. The van der Waals surface area contributed by atoms with Crippen molar-refractivity contribution in [3.63, 3.8) is 0 Å². The van der Waals surface area contributed by atoms with Crippen LogP contribution in [0.3, 0.4) is 0 Å². The summed E-state index contributed by atoms with van der Waals surface area (Å²) in [7, 11) is 0. The molecule has 0 fully saturated rings. The monoisotopic (exact) mass is 367 g/mol. The first kappa shape index (κ1) is 17.9. The Morgan fingerprint density at radius 3 is 2.30 bits per heavy atom. The van der Waals surface area contributed by atoms with E-state index in [1.807, 2.05) is 18.2 Å². The molecule has 0 atom stereocenters. The second kappa shape index (κ2) is 7.52. The molecule has 0 heterocycles. The van der Waals surface area contributed by atoms with Crippen molar-refractivity contribution in [2.75, 3.05) is 11.1 Å². The maximum absolute atomic E-state index is 13.6. The Labute approximate surface area is 153 Å². The van der Waals surface area contributed by atoms with Gasteiger partial charge in [-0.3, -0.25) is 14.9 Å². The van der Waals surface area contributed by atoms with Gasteiger partial charge in [0.1, 0.15) is 23.0 Å². The van der Waals surface area contributed by atoms with Gasteiger partial charge in [-0.05, 0) is 42.5 Å². The number of halogens is 1. The zero-order valence-electron chi connectivity index (χ0n) is 13.9. The standard InChI is InChI=1S/C19H14FN3O4/c20-12-10-16(18(21)17(11-12)23(25)26)19(24)22-13-6-8-15(9-7-13)27-14-4-2-1-3-5-14/h1-11H,21H2,(H,22,24). The number of nitrogens with zero attached hydrogens (tertiary/aromatic N) is 1. The summed E-state index contributed by atoms with van der Waals surface area (Å²) >= 11 is 0. The Morgan fingerprint density at radius 1 is 1.04 bits per heavy atom. The van der Waals surface area contributed by atoms with Crippen molar-refractivity contribution >= 4 is 23.0 Å². The molecule has 0 aromatic heterocycles. The molecule has 27 heavy (non-hydrogen) atoms. The maximum Gasteiger partial charge on any atom is 0.295 e. The van der Waals surface area contributed by atoms with Crippen molar-refractivity contribution in [1.29, 1.82) is 0 Å². The fraction of sp³-hybridized carbons (Fsp3) is 0. The maximum atomic E-state index is 13.6. The van der Waals surface area contributed by atoms with Crippen LogP contribution >= 0.6 is 0 Å². The lowest BCUT2D eigenvalue weighted by molar-refractivity contribution is -0.384. The number of nitrogens with two attached hydrogens (primary N) is 1. The van der Waals surface area contributed by atoms with Gasteiger partial charge in [0.05, 0.1) is 16.6 Å². The van der Waals surface area contributed by atoms with Crippen molar-refractivity contribution in [3.05, 3.63) is 88.2 Å². The van der Waals surface area contributed by atoms with Crippen LogP contribution in [0.25, 0.3) is 0 Å². The molecule has 7 nitrogen and oxygen atoms in total. The van der Waals surface area contributed by atoms with Crippen molar-refractivity contribution in [1.82, 2.24) is 0 Å². The quantitative estimate of drug-likeness (QED) is 0.396. The van der Waals surface area contributed by atoms with Crippen LogP contribution in [0.2, 0.25) is 0 Å². The number of amides is 1. The molecule has 0 saturated carbocycles. The van der Waals surface area contributed by atoms with E-state index in [1.165, 1.54) is 0 Å². The average molecular weight is 367 g/mol. The highest BCUT2D eigenvalue weighted by Crippen LogP contribution is 2.28. The molecule has 3 rings (SSSR count). The Morgan fingerprint density at radius 2 is 1.67 bits per heavy atom. The fourth-order valence-electron chi connectivity index (χ4n) is 2.37. The van der Waals surface area contributed by atoms with Crippen molar-refractivity contribution < 1.29 is 18.8 Å². The number of hydrogen-bond donors (Lipinski definition) is 2. The van der Waals surface area contributed by atoms with Crippen LogP contribution in [-0.4, -0.2) is 10.8 Å². The van der Waals surface area contributed by atoms with Gasteiger partial charge in [0.25, 0.3) is 11.6 Å². The number of carbonyl (C=O) groups is 1. The lowest BCUT2D eigenvalue weighted by Gasteiger charge is -2.09. The highest BCUT2D eigenvalue weighted by Gasteiger charge is 2.21. The zero-order valence-corrected chi connectivity index (χ0v) is 13.9. The van der Waals surface area contributed by atoms with Crippen LogP contribution < -0.4 is 15.8 Å². The molecule has 0 spiro atoms. The van der Waals surface area contributed by atoms with E-state index in [4.69, 9.17) is 10.5 Å². The van der Waals surface area contributed by atoms with Crippen molar-refractivity contribution in [2.45, 2.75) is 0 Å². The van der Waals surface area contributed by atoms with E-state index >= 15 is 0 Å². The first-order valence-electron chi connectivity index (χ1n) is 7.82. The molecule has 0 unspecified atom stereocenters. The molecule has 0 aliphatic rings. The summed E-state index contributed by atoms with van der Waals surface area (Å²) in [5, 5.41) is 13.4. The Bertz CT molecular complexity index is 992. The molecular formula is C19H14FN3O4. The Balaban J connectivity index is 1.76. The number of anilines is 2. The summed E-state index contributed by atoms with van der Waals surface area (Å²) in [6.45, 7) is 0. The SMILES string of the molecule is Nc1c(C(=O)Nc2ccc(Oc3ccccc3)cc2)cc(F)cc1[N+](=O)[O-]. The number of ether oxygens (including phenoxy) is 1. The van der Waals surface area contributed by atoms with Crippen LogP contribution in [0.1, 0.15) is 10.4 Å². The van der Waals surface area contributed by atoms with Crippen LogP contribution in [0.15, 0.2) is 66.7 Å². The molecule has 0 radical (unpaired) electrons. The summed E-state index contributed by atoms with van der Waals surface area (Å²) < 4.78 is 19.2. The molecule has 136 valence electrons. The number of nitrogen functional groups attached to an aromatic ring is 1. The van der Waals surface area contributed by atoms with E-state index in [-0.39, 0.29) is 5.56 Å². The van der Waals surface area contributed by atoms with Gasteiger partial charge in [-0.25, -0.2) is 4.39 Å². The molecule has 0 bridgehead atoms. The number of hydrogen-bond acceptors (Lipinski definition) is 5. The molecule has 0 aliphatic heterocycles. The number of benzene rings is 3. The fourth-order valence-corrected chi connectivity index (χ4v) is 2.37. The summed E-state index contributed by atoms with van der Waals surface area (Å²) in [6, 6.07) is 17.1. The number of para-hydroxylation sites is 1. The molecule has 3 aromatic rings. The molecule has 0 saturated heterocycles. The predicted molar refractivity (Wildman–Crippen MR) is 98.4 cm³/mol. The van der Waals surface area contributed by atoms with E-state index < -0.39 is 28.0 Å². The van der Waals surface area contributed by atoms with Gasteiger partial charge >= 0.3 is 0 Å². The molecule has 8 heteroatoms. The molecule has 1 amide bonds. The predicted octanol–water partition coefficient (Wildman–Crippen LogP) is 4.36. The number of nitrogens with one attached hydrogen (secondary N) is 1. The third kappa shape index (κ3) is 4.18. The third-order valence-corrected chi connectivity index (χ3v) is 3.66. The average Bonchev–Trinajstić information content (AvgIpc) is 2.65. The van der Waals surface area contributed by atoms with Crippen LogP contribution in [0.4, 0.5) is 21.5 Å². The lowest BCUT2D eigenvalue weighted by Crippen LogP contribution is -2.15. The highest BCUT2D eigenvalue weighted by atomic mass is 19.1. The smallest absolute Gasteiger partial charge is 0.295 e. The lowest BCUT2D eigenvalue weighted by atomic mass is 10.1. The van der Waals surface area contributed by atoms with E-state index in [1.54, 1.807) is 36.4 Å². The zero-order chi connectivity index (χ0) is 19.4. The summed E-state index contributed by atoms with van der Waals surface area (Å²) in [5.41, 5.74) is 4.65. The highest BCUT2D eigenvalue weighted by molar-refractivity contribution is 6.08. The normalized spacial score (nSPS) is 10.3.